The monoisotopic (exact) mass is 750 g/mol. The third-order valence-corrected chi connectivity index (χ3v) is 12.3. The molecule has 13 heteroatoms. The fourth-order valence-corrected chi connectivity index (χ4v) is 9.42. The van der Waals surface area contributed by atoms with Gasteiger partial charge in [0, 0.05) is 48.3 Å². The molecule has 0 radical (unpaired) electrons. The van der Waals surface area contributed by atoms with E-state index in [9.17, 15) is 10.2 Å². The highest BCUT2D eigenvalue weighted by molar-refractivity contribution is 7.79. The molecule has 4 aromatic rings. The molecule has 0 spiro atoms. The van der Waals surface area contributed by atoms with E-state index in [1.165, 1.54) is 25.7 Å². The van der Waals surface area contributed by atoms with Crippen LogP contribution in [0, 0.1) is 23.7 Å². The second kappa shape index (κ2) is 16.9. The van der Waals surface area contributed by atoms with Gasteiger partial charge < -0.3 is 19.7 Å². The number of piperidine rings is 6. The molecule has 2 aromatic carbocycles. The van der Waals surface area contributed by atoms with Crippen LogP contribution in [0.5, 0.6) is 11.5 Å². The highest BCUT2D eigenvalue weighted by atomic mass is 32.3. The molecule has 8 heterocycles. The van der Waals surface area contributed by atoms with Crippen molar-refractivity contribution in [1.82, 2.24) is 19.8 Å². The number of fused-ring (bicyclic) bond motifs is 8. The molecule has 10 rings (SSSR count). The molecule has 6 aliphatic rings. The third-order valence-electron chi connectivity index (χ3n) is 12.3. The van der Waals surface area contributed by atoms with E-state index >= 15 is 0 Å². The smallest absolute Gasteiger partial charge is 0.394 e. The van der Waals surface area contributed by atoms with Gasteiger partial charge in [-0.15, -0.1) is 0 Å². The summed E-state index contributed by atoms with van der Waals surface area (Å²) in [6.45, 7) is 9.09. The lowest BCUT2D eigenvalue weighted by Gasteiger charge is -2.51. The van der Waals surface area contributed by atoms with Crippen LogP contribution in [-0.4, -0.2) is 100.0 Å². The topological polar surface area (TPSA) is 166 Å². The van der Waals surface area contributed by atoms with Gasteiger partial charge in [-0.2, -0.15) is 8.42 Å². The lowest BCUT2D eigenvalue weighted by atomic mass is 9.72. The minimum absolute atomic E-state index is 0.225. The quantitative estimate of drug-likeness (QED) is 0.152. The van der Waals surface area contributed by atoms with Crippen molar-refractivity contribution in [2.75, 3.05) is 40.4 Å². The number of ether oxygens (including phenoxy) is 2. The maximum Gasteiger partial charge on any atom is 0.394 e. The van der Waals surface area contributed by atoms with Gasteiger partial charge in [0.1, 0.15) is 11.5 Å². The Kier molecular flexibility index (Phi) is 12.5. The summed E-state index contributed by atoms with van der Waals surface area (Å²) in [5, 5.41) is 24.4. The SMILES string of the molecule is CC[C@H]1CN2CC[C@H]1C[C@H]2[C@H](O)c1ccnc2ccc(OC)cc12.CC[C@H]1CN2CC[C@H]1C[C@H]2[C@H](O)c1ccnc2ccc(OC)cc12.O=S(=O)(O)O. The molecule has 0 amide bonds. The maximum absolute atomic E-state index is 11.2. The normalized spacial score (nSPS) is 28.7. The van der Waals surface area contributed by atoms with Crippen LogP contribution in [0.1, 0.15) is 75.7 Å². The molecule has 12 nitrogen and oxygen atoms in total. The van der Waals surface area contributed by atoms with Crippen molar-refractivity contribution >= 4 is 32.2 Å². The zero-order chi connectivity index (χ0) is 37.9. The first-order valence-corrected chi connectivity index (χ1v) is 20.2. The number of pyridine rings is 2. The highest BCUT2D eigenvalue weighted by Gasteiger charge is 2.44. The Bertz CT molecular complexity index is 1830. The summed E-state index contributed by atoms with van der Waals surface area (Å²) in [6, 6.07) is 16.1. The number of aliphatic hydroxyl groups is 2. The van der Waals surface area contributed by atoms with E-state index in [4.69, 9.17) is 27.0 Å². The largest absolute Gasteiger partial charge is 0.497 e. The van der Waals surface area contributed by atoms with Crippen LogP contribution < -0.4 is 9.47 Å². The third kappa shape index (κ3) is 8.94. The van der Waals surface area contributed by atoms with Crippen LogP contribution in [0.3, 0.4) is 0 Å². The molecule has 0 saturated carbocycles. The molecule has 4 N–H and O–H groups in total. The number of methoxy groups -OCH3 is 2. The summed E-state index contributed by atoms with van der Waals surface area (Å²) >= 11 is 0. The van der Waals surface area contributed by atoms with Crippen LogP contribution in [0.2, 0.25) is 0 Å². The van der Waals surface area contributed by atoms with E-state index in [1.807, 2.05) is 48.5 Å². The summed E-state index contributed by atoms with van der Waals surface area (Å²) in [6.07, 6.45) is 9.95. The van der Waals surface area contributed by atoms with Crippen molar-refractivity contribution in [1.29, 1.82) is 0 Å². The molecule has 0 aliphatic carbocycles. The van der Waals surface area contributed by atoms with Crippen LogP contribution in [0.25, 0.3) is 21.8 Å². The van der Waals surface area contributed by atoms with Gasteiger partial charge in [0.05, 0.1) is 37.5 Å². The number of aliphatic hydroxyl groups excluding tert-OH is 2. The van der Waals surface area contributed by atoms with Crippen molar-refractivity contribution in [3.05, 3.63) is 72.1 Å². The van der Waals surface area contributed by atoms with Crippen LogP contribution in [0.15, 0.2) is 60.9 Å². The van der Waals surface area contributed by atoms with Crippen LogP contribution >= 0.6 is 0 Å². The minimum Gasteiger partial charge on any atom is -0.497 e. The van der Waals surface area contributed by atoms with E-state index < -0.39 is 22.6 Å². The highest BCUT2D eigenvalue weighted by Crippen LogP contribution is 2.44. The number of nitrogens with zero attached hydrogens (tertiary/aromatic N) is 4. The molecule has 53 heavy (non-hydrogen) atoms. The van der Waals surface area contributed by atoms with Crippen molar-refractivity contribution in [2.24, 2.45) is 23.7 Å². The van der Waals surface area contributed by atoms with E-state index in [2.05, 4.69) is 33.6 Å². The van der Waals surface area contributed by atoms with E-state index in [0.717, 1.165) is 107 Å². The molecular weight excluding hydrogens is 697 g/mol. The van der Waals surface area contributed by atoms with Gasteiger partial charge in [-0.05, 0) is 122 Å². The molecule has 288 valence electrons. The predicted molar refractivity (Wildman–Crippen MR) is 204 cm³/mol. The van der Waals surface area contributed by atoms with E-state index in [-0.39, 0.29) is 12.1 Å². The van der Waals surface area contributed by atoms with Crippen molar-refractivity contribution in [3.63, 3.8) is 0 Å². The van der Waals surface area contributed by atoms with Crippen molar-refractivity contribution in [2.45, 2.75) is 76.7 Å². The molecule has 6 fully saturated rings. The lowest BCUT2D eigenvalue weighted by molar-refractivity contribution is -0.0562. The second-order valence-electron chi connectivity index (χ2n) is 14.9. The van der Waals surface area contributed by atoms with E-state index in [1.54, 1.807) is 26.6 Å². The molecule has 2 unspecified atom stereocenters. The van der Waals surface area contributed by atoms with Gasteiger partial charge in [0.25, 0.3) is 0 Å². The van der Waals surface area contributed by atoms with Gasteiger partial charge in [-0.1, -0.05) is 26.7 Å². The summed E-state index contributed by atoms with van der Waals surface area (Å²) in [5.74, 6) is 4.75. The predicted octanol–water partition coefficient (Wildman–Crippen LogP) is 6.14. The average Bonchev–Trinajstić information content (AvgIpc) is 3.19. The van der Waals surface area contributed by atoms with Crippen molar-refractivity contribution in [3.8, 4) is 11.5 Å². The van der Waals surface area contributed by atoms with Crippen LogP contribution in [-0.2, 0) is 10.4 Å². The zero-order valence-electron chi connectivity index (χ0n) is 31.1. The Balaban J connectivity index is 0.000000161. The fourth-order valence-electron chi connectivity index (χ4n) is 9.42. The van der Waals surface area contributed by atoms with Gasteiger partial charge in [-0.3, -0.25) is 28.9 Å². The Labute approximate surface area is 312 Å². The summed E-state index contributed by atoms with van der Waals surface area (Å²) < 4.78 is 42.3. The molecular formula is C40H54N4O8S. The van der Waals surface area contributed by atoms with Gasteiger partial charge in [0.15, 0.2) is 0 Å². The molecule has 6 aliphatic heterocycles. The first-order valence-electron chi connectivity index (χ1n) is 18.8. The van der Waals surface area contributed by atoms with Crippen molar-refractivity contribution < 1.29 is 37.2 Å². The molecule has 2 aromatic heterocycles. The van der Waals surface area contributed by atoms with E-state index in [0.29, 0.717) is 0 Å². The standard InChI is InChI=1S/2C20H26N2O2.H2O4S/c2*1-3-13-12-22-9-7-14(13)10-19(22)20(23)16-6-8-21-18-5-4-15(24-2)11-17(16)18;1-5(2,3)4/h2*4-6,8,11,13-14,19-20,23H,3,7,9-10,12H2,1-2H3;(H2,1,2,3,4)/t2*13-,14-,19-,20+;/m00./s1. The Hall–Kier alpha value is -3.43. The Morgan fingerprint density at radius 3 is 1.43 bits per heavy atom. The van der Waals surface area contributed by atoms with Gasteiger partial charge in [-0.25, -0.2) is 0 Å². The van der Waals surface area contributed by atoms with Gasteiger partial charge >= 0.3 is 10.4 Å². The maximum atomic E-state index is 11.2. The fraction of sp³-hybridized carbons (Fsp3) is 0.550. The number of benzene rings is 2. The average molecular weight is 751 g/mol. The van der Waals surface area contributed by atoms with Crippen LogP contribution in [0.4, 0.5) is 0 Å². The first kappa shape index (κ1) is 39.3. The molecule has 4 bridgehead atoms. The zero-order valence-corrected chi connectivity index (χ0v) is 31.9. The Morgan fingerprint density at radius 1 is 0.717 bits per heavy atom. The summed E-state index contributed by atoms with van der Waals surface area (Å²) in [7, 11) is -1.32. The number of aromatic nitrogens is 2. The summed E-state index contributed by atoms with van der Waals surface area (Å²) in [4.78, 5) is 13.9. The summed E-state index contributed by atoms with van der Waals surface area (Å²) in [5.41, 5.74) is 3.78. The Morgan fingerprint density at radius 2 is 1.11 bits per heavy atom. The number of rotatable bonds is 8. The van der Waals surface area contributed by atoms with Gasteiger partial charge in [0.2, 0.25) is 0 Å². The number of hydrogen-bond acceptors (Lipinski definition) is 10. The second-order valence-corrected chi connectivity index (χ2v) is 15.8. The minimum atomic E-state index is -4.67. The lowest BCUT2D eigenvalue weighted by Crippen LogP contribution is -2.55. The molecule has 10 atom stereocenters. The molecule has 6 saturated heterocycles. The number of hydrogen-bond donors (Lipinski definition) is 4. The first-order chi connectivity index (χ1) is 25.4.